The van der Waals surface area contributed by atoms with Crippen molar-refractivity contribution >= 4 is 5.91 Å². The van der Waals surface area contributed by atoms with Gasteiger partial charge in [0.2, 0.25) is 5.91 Å². The van der Waals surface area contributed by atoms with Crippen LogP contribution in [0.5, 0.6) is 0 Å². The van der Waals surface area contributed by atoms with E-state index in [0.717, 1.165) is 18.2 Å². The van der Waals surface area contributed by atoms with Gasteiger partial charge >= 0.3 is 0 Å². The lowest BCUT2D eigenvalue weighted by Crippen LogP contribution is -2.31. The van der Waals surface area contributed by atoms with Crippen molar-refractivity contribution in [2.45, 2.75) is 18.9 Å². The number of aromatic nitrogens is 2. The molecule has 1 unspecified atom stereocenters. The Balaban J connectivity index is 1.77. The number of carbonyl (C=O) groups excluding carboxylic acids is 1. The van der Waals surface area contributed by atoms with E-state index in [1.54, 1.807) is 36.1 Å². The number of imidazole rings is 1. The first-order chi connectivity index (χ1) is 12.9. The smallest absolute Gasteiger partial charge is 0.221 e. The Hall–Kier alpha value is -3.09. The molecule has 0 fully saturated rings. The third-order valence-electron chi connectivity index (χ3n) is 4.23. The van der Waals surface area contributed by atoms with Gasteiger partial charge in [0.15, 0.2) is 0 Å². The average Bonchev–Trinajstić information content (AvgIpc) is 3.06. The first kappa shape index (κ1) is 18.7. The van der Waals surface area contributed by atoms with Crippen LogP contribution < -0.4 is 5.32 Å². The van der Waals surface area contributed by atoms with E-state index in [0.29, 0.717) is 11.4 Å². The maximum Gasteiger partial charge on any atom is 0.221 e. The van der Waals surface area contributed by atoms with Gasteiger partial charge in [0, 0.05) is 25.9 Å². The standard InChI is InChI=1S/C20H18F3N3O/c1-26-10-9-24-20(26)19(14-3-2-4-15(21)12-14)25-18(27)8-5-13-11-16(22)6-7-17(13)23/h2-4,6-7,9-12,19H,5,8H2,1H3,(H,25,27). The van der Waals surface area contributed by atoms with E-state index in [9.17, 15) is 18.0 Å². The minimum atomic E-state index is -0.662. The van der Waals surface area contributed by atoms with Gasteiger partial charge in [-0.15, -0.1) is 0 Å². The quantitative estimate of drug-likeness (QED) is 0.717. The van der Waals surface area contributed by atoms with Crippen molar-refractivity contribution < 1.29 is 18.0 Å². The molecule has 1 heterocycles. The van der Waals surface area contributed by atoms with Crippen molar-refractivity contribution in [1.29, 1.82) is 0 Å². The highest BCUT2D eigenvalue weighted by atomic mass is 19.1. The third-order valence-corrected chi connectivity index (χ3v) is 4.23. The summed E-state index contributed by atoms with van der Waals surface area (Å²) in [5.74, 6) is -1.39. The molecule has 0 spiro atoms. The number of aryl methyl sites for hydroxylation is 2. The summed E-state index contributed by atoms with van der Waals surface area (Å²) in [4.78, 5) is 16.7. The molecule has 0 bridgehead atoms. The first-order valence-corrected chi connectivity index (χ1v) is 8.40. The fourth-order valence-electron chi connectivity index (χ4n) is 2.85. The SMILES string of the molecule is Cn1ccnc1C(NC(=O)CCc1cc(F)ccc1F)c1cccc(F)c1. The van der Waals surface area contributed by atoms with Crippen LogP contribution in [0.1, 0.15) is 29.4 Å². The molecule has 0 aliphatic carbocycles. The molecule has 1 aromatic heterocycles. The summed E-state index contributed by atoms with van der Waals surface area (Å²) in [7, 11) is 1.77. The molecule has 140 valence electrons. The summed E-state index contributed by atoms with van der Waals surface area (Å²) in [6.07, 6.45) is 3.30. The lowest BCUT2D eigenvalue weighted by atomic mass is 10.0. The van der Waals surface area contributed by atoms with Crippen LogP contribution in [-0.2, 0) is 18.3 Å². The Morgan fingerprint density at radius 2 is 1.93 bits per heavy atom. The molecular weight excluding hydrogens is 355 g/mol. The number of benzene rings is 2. The van der Waals surface area contributed by atoms with Crippen molar-refractivity contribution in [1.82, 2.24) is 14.9 Å². The van der Waals surface area contributed by atoms with E-state index in [2.05, 4.69) is 10.3 Å². The third kappa shape index (κ3) is 4.55. The molecule has 1 amide bonds. The fourth-order valence-corrected chi connectivity index (χ4v) is 2.85. The van der Waals surface area contributed by atoms with Crippen LogP contribution in [0.3, 0.4) is 0 Å². The van der Waals surface area contributed by atoms with Crippen molar-refractivity contribution in [3.05, 3.63) is 89.3 Å². The van der Waals surface area contributed by atoms with Gasteiger partial charge in [-0.1, -0.05) is 12.1 Å². The van der Waals surface area contributed by atoms with E-state index < -0.39 is 23.5 Å². The highest BCUT2D eigenvalue weighted by molar-refractivity contribution is 5.77. The molecule has 0 saturated carbocycles. The summed E-state index contributed by atoms with van der Waals surface area (Å²) >= 11 is 0. The maximum absolute atomic E-state index is 13.7. The number of amides is 1. The zero-order valence-corrected chi connectivity index (χ0v) is 14.6. The molecule has 2 aromatic carbocycles. The number of nitrogens with one attached hydrogen (secondary N) is 1. The van der Waals surface area contributed by atoms with Crippen LogP contribution in [-0.4, -0.2) is 15.5 Å². The monoisotopic (exact) mass is 373 g/mol. The molecule has 4 nitrogen and oxygen atoms in total. The Morgan fingerprint density at radius 3 is 2.63 bits per heavy atom. The Morgan fingerprint density at radius 1 is 1.15 bits per heavy atom. The lowest BCUT2D eigenvalue weighted by molar-refractivity contribution is -0.121. The largest absolute Gasteiger partial charge is 0.342 e. The first-order valence-electron chi connectivity index (χ1n) is 8.40. The van der Waals surface area contributed by atoms with Crippen molar-refractivity contribution in [2.24, 2.45) is 7.05 Å². The Bertz CT molecular complexity index is 955. The van der Waals surface area contributed by atoms with Gasteiger partial charge in [-0.25, -0.2) is 18.2 Å². The fraction of sp³-hybridized carbons (Fsp3) is 0.200. The summed E-state index contributed by atoms with van der Waals surface area (Å²) in [5.41, 5.74) is 0.666. The molecule has 0 saturated heterocycles. The molecule has 27 heavy (non-hydrogen) atoms. The van der Waals surface area contributed by atoms with E-state index in [-0.39, 0.29) is 24.3 Å². The van der Waals surface area contributed by atoms with E-state index in [1.807, 2.05) is 0 Å². The average molecular weight is 373 g/mol. The van der Waals surface area contributed by atoms with Gasteiger partial charge < -0.3 is 9.88 Å². The molecule has 0 aliphatic heterocycles. The number of halogens is 3. The van der Waals surface area contributed by atoms with Gasteiger partial charge in [0.05, 0.1) is 0 Å². The van der Waals surface area contributed by atoms with Gasteiger partial charge in [0.25, 0.3) is 0 Å². The Labute approximate surface area is 154 Å². The van der Waals surface area contributed by atoms with Crippen molar-refractivity contribution in [3.8, 4) is 0 Å². The maximum atomic E-state index is 13.7. The summed E-state index contributed by atoms with van der Waals surface area (Å²) in [5, 5.41) is 2.80. The number of rotatable bonds is 6. The Kier molecular flexibility index (Phi) is 5.59. The van der Waals surface area contributed by atoms with Crippen LogP contribution in [0, 0.1) is 17.5 Å². The second-order valence-electron chi connectivity index (χ2n) is 6.19. The van der Waals surface area contributed by atoms with Crippen molar-refractivity contribution in [3.63, 3.8) is 0 Å². The van der Waals surface area contributed by atoms with Gasteiger partial charge in [-0.05, 0) is 47.9 Å². The predicted molar refractivity (Wildman–Crippen MR) is 94.3 cm³/mol. The molecule has 7 heteroatoms. The lowest BCUT2D eigenvalue weighted by Gasteiger charge is -2.19. The van der Waals surface area contributed by atoms with Crippen LogP contribution >= 0.6 is 0 Å². The number of carbonyl (C=O) groups is 1. The number of nitrogens with zero attached hydrogens (tertiary/aromatic N) is 2. The van der Waals surface area contributed by atoms with E-state index in [1.165, 1.54) is 12.1 Å². The van der Waals surface area contributed by atoms with Crippen LogP contribution in [0.25, 0.3) is 0 Å². The van der Waals surface area contributed by atoms with Crippen LogP contribution in [0.15, 0.2) is 54.9 Å². The topological polar surface area (TPSA) is 46.9 Å². The highest BCUT2D eigenvalue weighted by Gasteiger charge is 2.21. The highest BCUT2D eigenvalue weighted by Crippen LogP contribution is 2.21. The molecule has 3 rings (SSSR count). The molecule has 3 aromatic rings. The molecule has 1 N–H and O–H groups in total. The summed E-state index contributed by atoms with van der Waals surface area (Å²) in [6, 6.07) is 8.35. The normalized spacial score (nSPS) is 12.0. The van der Waals surface area contributed by atoms with Crippen LogP contribution in [0.4, 0.5) is 13.2 Å². The second kappa shape index (κ2) is 8.07. The van der Waals surface area contributed by atoms with Gasteiger partial charge in [0.1, 0.15) is 29.3 Å². The van der Waals surface area contributed by atoms with E-state index >= 15 is 0 Å². The zero-order chi connectivity index (χ0) is 19.4. The van der Waals surface area contributed by atoms with E-state index in [4.69, 9.17) is 0 Å². The molecular formula is C20H18F3N3O. The zero-order valence-electron chi connectivity index (χ0n) is 14.6. The second-order valence-corrected chi connectivity index (χ2v) is 6.19. The minimum absolute atomic E-state index is 0.0450. The summed E-state index contributed by atoms with van der Waals surface area (Å²) in [6.45, 7) is 0. The van der Waals surface area contributed by atoms with Gasteiger partial charge in [-0.3, -0.25) is 4.79 Å². The van der Waals surface area contributed by atoms with Gasteiger partial charge in [-0.2, -0.15) is 0 Å². The number of hydrogen-bond donors (Lipinski definition) is 1. The molecule has 0 aliphatic rings. The van der Waals surface area contributed by atoms with Crippen molar-refractivity contribution in [2.75, 3.05) is 0 Å². The molecule has 0 radical (unpaired) electrons. The number of hydrogen-bond acceptors (Lipinski definition) is 2. The summed E-state index contributed by atoms with van der Waals surface area (Å²) < 4.78 is 42.3. The minimum Gasteiger partial charge on any atom is -0.342 e. The predicted octanol–water partition coefficient (Wildman–Crippen LogP) is 3.68. The van der Waals surface area contributed by atoms with Crippen LogP contribution in [0.2, 0.25) is 0 Å². The molecule has 1 atom stereocenters.